The van der Waals surface area contributed by atoms with E-state index in [4.69, 9.17) is 17.3 Å². The van der Waals surface area contributed by atoms with Gasteiger partial charge in [0.25, 0.3) is 0 Å². The monoisotopic (exact) mass is 819 g/mol. The first-order chi connectivity index (χ1) is 20.2. The molecule has 0 unspecified atom stereocenters. The van der Waals surface area contributed by atoms with Gasteiger partial charge in [0.1, 0.15) is 5.78 Å². The number of ketones is 1. The Morgan fingerprint density at radius 1 is 0.886 bits per heavy atom. The Labute approximate surface area is 264 Å². The van der Waals surface area contributed by atoms with E-state index in [2.05, 4.69) is 0 Å². The van der Waals surface area contributed by atoms with E-state index in [0.717, 1.165) is 67.8 Å². The first kappa shape index (κ1) is 37.3. The Morgan fingerprint density at radius 3 is 1.80 bits per heavy atom. The Bertz CT molecular complexity index is 1580. The molecular formula is C31H27ClF9NOW. The molecular weight excluding hydrogens is 793 g/mol. The Balaban J connectivity index is 0.000000586. The molecule has 1 fully saturated rings. The van der Waals surface area contributed by atoms with Crippen LogP contribution in [0.25, 0.3) is 22.0 Å². The number of benzene rings is 3. The van der Waals surface area contributed by atoms with Gasteiger partial charge in [-0.3, -0.25) is 0 Å². The van der Waals surface area contributed by atoms with E-state index in [1.54, 1.807) is 24.3 Å². The van der Waals surface area contributed by atoms with Gasteiger partial charge in [0.15, 0.2) is 0 Å². The summed E-state index contributed by atoms with van der Waals surface area (Å²) in [6.07, 6.45) is -11.7. The second-order valence-corrected chi connectivity index (χ2v) is 11.8. The van der Waals surface area contributed by atoms with Gasteiger partial charge < -0.3 is 4.79 Å². The fourth-order valence-electron chi connectivity index (χ4n) is 3.72. The van der Waals surface area contributed by atoms with Crippen LogP contribution in [0.15, 0.2) is 66.2 Å². The van der Waals surface area contributed by atoms with Crippen LogP contribution in [0.2, 0.25) is 5.02 Å². The summed E-state index contributed by atoms with van der Waals surface area (Å²) in [6, 6.07) is 12.7. The van der Waals surface area contributed by atoms with Crippen molar-refractivity contribution in [2.45, 2.75) is 58.6 Å². The first-order valence-corrected chi connectivity index (χ1v) is 14.7. The standard InChI is InChI=1S/C25H16ClF6N.C3H5F3.C3H6O.W/c26-18-12-16(11-17(13-18)24(27,28)29)22(25(30,31)32)10-8-14-7-9-21(23(33)15-5-6-15)20-4-2-1-3-19(14)20;1-2-3(4,5)6;1-3(2)4;/h1-4,7,9-13H,5-6,33H2;2H2,1H3;1-2H3;/b22-10-;;;. The molecule has 238 valence electrons. The van der Waals surface area contributed by atoms with Crippen molar-refractivity contribution in [3.05, 3.63) is 93.5 Å². The quantitative estimate of drug-likeness (QED) is 0.267. The predicted molar refractivity (Wildman–Crippen MR) is 152 cm³/mol. The van der Waals surface area contributed by atoms with Crippen molar-refractivity contribution in [2.24, 2.45) is 5.73 Å². The fraction of sp³-hybridized carbons (Fsp3) is 0.290. The van der Waals surface area contributed by atoms with Gasteiger partial charge in [-0.15, -0.1) is 0 Å². The zero-order valence-electron chi connectivity index (χ0n) is 23.6. The molecule has 2 nitrogen and oxygen atoms in total. The molecule has 1 saturated carbocycles. The van der Waals surface area contributed by atoms with Crippen LogP contribution in [0, 0.1) is 0 Å². The normalized spacial score (nSPS) is 13.4. The zero-order valence-corrected chi connectivity index (χ0v) is 27.3. The SMILES string of the molecule is CC(C)=O.CCC(F)(F)F.NC(=C1CC1)c1ccc([C](=[W])/C=C(/c2cc(Cl)cc(C(F)(F)F)c2)C(F)(F)F)c2ccccc12. The van der Waals surface area contributed by atoms with E-state index in [0.29, 0.717) is 32.7 Å². The third-order valence-corrected chi connectivity index (χ3v) is 7.31. The average molecular weight is 820 g/mol. The number of fused-ring (bicyclic) bond motifs is 1. The summed E-state index contributed by atoms with van der Waals surface area (Å²) in [4.78, 5) is 9.44. The zero-order chi connectivity index (χ0) is 33.6. The summed E-state index contributed by atoms with van der Waals surface area (Å²) in [7, 11) is 0. The maximum atomic E-state index is 14.0. The van der Waals surface area contributed by atoms with E-state index in [1.807, 2.05) is 12.1 Å². The fourth-order valence-corrected chi connectivity index (χ4v) is 5.02. The molecule has 1 aliphatic rings. The van der Waals surface area contributed by atoms with Crippen LogP contribution in [0.5, 0.6) is 0 Å². The van der Waals surface area contributed by atoms with Crippen molar-refractivity contribution < 1.29 is 63.7 Å². The van der Waals surface area contributed by atoms with Crippen molar-refractivity contribution in [1.82, 2.24) is 0 Å². The Hall–Kier alpha value is -2.91. The maximum absolute atomic E-state index is 14.0. The summed E-state index contributed by atoms with van der Waals surface area (Å²) in [5.41, 5.74) is 6.40. The molecule has 0 heterocycles. The number of alkyl halides is 9. The molecule has 0 atom stereocenters. The summed E-state index contributed by atoms with van der Waals surface area (Å²) in [6.45, 7) is 4.14. The molecule has 44 heavy (non-hydrogen) atoms. The van der Waals surface area contributed by atoms with Crippen LogP contribution in [-0.2, 0) is 30.3 Å². The number of carbonyl (C=O) groups excluding carboxylic acids is 1. The minimum atomic E-state index is -4.90. The van der Waals surface area contributed by atoms with Crippen LogP contribution in [-0.4, -0.2) is 22.0 Å². The summed E-state index contributed by atoms with van der Waals surface area (Å²) >= 11 is 6.47. The number of nitrogens with two attached hydrogens (primary N) is 1. The molecule has 3 aromatic carbocycles. The third-order valence-electron chi connectivity index (χ3n) is 5.88. The van der Waals surface area contributed by atoms with Gasteiger partial charge in [-0.25, -0.2) is 0 Å². The second kappa shape index (κ2) is 14.9. The van der Waals surface area contributed by atoms with Crippen molar-refractivity contribution in [3.8, 4) is 0 Å². The van der Waals surface area contributed by atoms with Crippen LogP contribution in [0.1, 0.15) is 62.3 Å². The number of rotatable bonds is 4. The molecule has 0 saturated heterocycles. The van der Waals surface area contributed by atoms with Gasteiger partial charge >= 0.3 is 214 Å². The number of hydrogen-bond acceptors (Lipinski definition) is 2. The minimum absolute atomic E-state index is 0.167. The van der Waals surface area contributed by atoms with Gasteiger partial charge in [-0.05, 0) is 13.8 Å². The van der Waals surface area contributed by atoms with Gasteiger partial charge in [0.05, 0.1) is 0 Å². The molecule has 3 aromatic rings. The molecule has 0 amide bonds. The van der Waals surface area contributed by atoms with Crippen LogP contribution in [0.4, 0.5) is 39.5 Å². The van der Waals surface area contributed by atoms with Crippen molar-refractivity contribution >= 4 is 43.3 Å². The number of Topliss-reactive ketones (excluding diaryl/α,β-unsaturated/α-hetero) is 1. The number of carbonyl (C=O) groups is 1. The van der Waals surface area contributed by atoms with E-state index >= 15 is 0 Å². The van der Waals surface area contributed by atoms with E-state index < -0.39 is 46.7 Å². The molecule has 4 rings (SSSR count). The second-order valence-electron chi connectivity index (χ2n) is 9.75. The molecule has 0 spiro atoms. The van der Waals surface area contributed by atoms with Crippen molar-refractivity contribution in [3.63, 3.8) is 0 Å². The van der Waals surface area contributed by atoms with E-state index in [-0.39, 0.29) is 5.78 Å². The van der Waals surface area contributed by atoms with E-state index in [9.17, 15) is 44.3 Å². The number of halogens is 10. The summed E-state index contributed by atoms with van der Waals surface area (Å²) in [5, 5.41) is 1.09. The van der Waals surface area contributed by atoms with Crippen LogP contribution >= 0.6 is 11.6 Å². The molecule has 1 aliphatic carbocycles. The third kappa shape index (κ3) is 11.2. The molecule has 0 aromatic heterocycles. The molecule has 13 heteroatoms. The predicted octanol–water partition coefficient (Wildman–Crippen LogP) is 10.2. The van der Waals surface area contributed by atoms with Crippen LogP contribution in [0.3, 0.4) is 0 Å². The molecule has 0 bridgehead atoms. The Morgan fingerprint density at radius 2 is 1.36 bits per heavy atom. The van der Waals surface area contributed by atoms with Gasteiger partial charge in [0.2, 0.25) is 0 Å². The molecule has 2 N–H and O–H groups in total. The summed E-state index contributed by atoms with van der Waals surface area (Å²) < 4.78 is 114. The van der Waals surface area contributed by atoms with Crippen molar-refractivity contribution in [1.29, 1.82) is 0 Å². The molecule has 0 aliphatic heterocycles. The van der Waals surface area contributed by atoms with Gasteiger partial charge in [-0.2, -0.15) is 13.2 Å². The van der Waals surface area contributed by atoms with Gasteiger partial charge in [-0.1, -0.05) is 6.92 Å². The van der Waals surface area contributed by atoms with Gasteiger partial charge in [0, 0.05) is 6.42 Å². The number of hydrogen-bond donors (Lipinski definition) is 1. The molecule has 0 radical (unpaired) electrons. The average Bonchev–Trinajstić information content (AvgIpc) is 3.74. The topological polar surface area (TPSA) is 43.1 Å². The van der Waals surface area contributed by atoms with Crippen molar-refractivity contribution in [2.75, 3.05) is 0 Å². The van der Waals surface area contributed by atoms with E-state index in [1.165, 1.54) is 13.8 Å². The Kier molecular flexibility index (Phi) is 12.6. The number of allylic oxidation sites excluding steroid dienone is 3. The summed E-state index contributed by atoms with van der Waals surface area (Å²) in [5.74, 6) is 0.167. The van der Waals surface area contributed by atoms with Crippen LogP contribution < -0.4 is 5.73 Å². The first-order valence-electron chi connectivity index (χ1n) is 12.9.